The lowest BCUT2D eigenvalue weighted by molar-refractivity contribution is 0.112. The van der Waals surface area contributed by atoms with E-state index in [1.54, 1.807) is 0 Å². The van der Waals surface area contributed by atoms with Crippen molar-refractivity contribution in [1.82, 2.24) is 4.57 Å². The molecule has 0 aliphatic rings. The number of nitrogens with zero attached hydrogens (tertiary/aromatic N) is 1. The number of rotatable bonds is 2. The average Bonchev–Trinajstić information content (AvgIpc) is 2.50. The third-order valence-electron chi connectivity index (χ3n) is 3.20. The van der Waals surface area contributed by atoms with Crippen LogP contribution < -0.4 is 0 Å². The summed E-state index contributed by atoms with van der Waals surface area (Å²) < 4.78 is 2.03. The molecule has 0 atom stereocenters. The molecule has 0 fully saturated rings. The van der Waals surface area contributed by atoms with Crippen molar-refractivity contribution in [3.8, 4) is 11.3 Å². The molecule has 3 heteroatoms. The molecule has 0 amide bonds. The molecule has 0 aliphatic heterocycles. The molecule has 17 heavy (non-hydrogen) atoms. The zero-order valence-corrected chi connectivity index (χ0v) is 10.9. The minimum absolute atomic E-state index is 0.702. The number of carbonyl (C=O) groups excluding carboxylic acids is 1. The summed E-state index contributed by atoms with van der Waals surface area (Å²) in [5.74, 6) is 0. The molecule has 0 saturated carbocycles. The summed E-state index contributed by atoms with van der Waals surface area (Å²) in [6, 6.07) is 7.68. The smallest absolute Gasteiger partial charge is 0.152 e. The molecule has 0 saturated heterocycles. The number of hydrogen-bond donors (Lipinski definition) is 0. The third kappa shape index (κ3) is 1.89. The Morgan fingerprint density at radius 1 is 1.29 bits per heavy atom. The molecule has 1 aromatic heterocycles. The summed E-state index contributed by atoms with van der Waals surface area (Å²) in [6.07, 6.45) is 0.915. The fourth-order valence-corrected chi connectivity index (χ4v) is 2.41. The molecule has 0 unspecified atom stereocenters. The summed E-state index contributed by atoms with van der Waals surface area (Å²) in [7, 11) is 1.96. The zero-order chi connectivity index (χ0) is 12.6. The number of benzene rings is 1. The molecule has 88 valence electrons. The van der Waals surface area contributed by atoms with Gasteiger partial charge in [-0.25, -0.2) is 0 Å². The lowest BCUT2D eigenvalue weighted by atomic mass is 10.1. The Kier molecular flexibility index (Phi) is 3.07. The lowest BCUT2D eigenvalue weighted by Gasteiger charge is -2.07. The van der Waals surface area contributed by atoms with Gasteiger partial charge in [-0.05, 0) is 37.1 Å². The highest BCUT2D eigenvalue weighted by molar-refractivity contribution is 6.30. The molecule has 0 bridgehead atoms. The highest BCUT2D eigenvalue weighted by Gasteiger charge is 2.15. The molecule has 2 aromatic rings. The van der Waals surface area contributed by atoms with Crippen LogP contribution in [0.25, 0.3) is 11.3 Å². The van der Waals surface area contributed by atoms with Crippen LogP contribution in [0.1, 0.15) is 21.6 Å². The van der Waals surface area contributed by atoms with E-state index < -0.39 is 0 Å². The highest BCUT2D eigenvalue weighted by atomic mass is 35.5. The van der Waals surface area contributed by atoms with Crippen LogP contribution in [0, 0.1) is 13.8 Å². The van der Waals surface area contributed by atoms with Crippen LogP contribution in [0.5, 0.6) is 0 Å². The normalized spacial score (nSPS) is 10.6. The van der Waals surface area contributed by atoms with Gasteiger partial charge in [-0.3, -0.25) is 4.79 Å². The van der Waals surface area contributed by atoms with Crippen molar-refractivity contribution in [2.24, 2.45) is 7.05 Å². The molecular weight excluding hydrogens is 234 g/mol. The fourth-order valence-electron chi connectivity index (χ4n) is 2.22. The van der Waals surface area contributed by atoms with Gasteiger partial charge in [0.15, 0.2) is 6.29 Å². The number of aromatic nitrogens is 1. The zero-order valence-electron chi connectivity index (χ0n) is 10.1. The van der Waals surface area contributed by atoms with E-state index >= 15 is 0 Å². The Morgan fingerprint density at radius 2 is 2.00 bits per heavy atom. The molecule has 0 N–H and O–H groups in total. The van der Waals surface area contributed by atoms with Crippen LogP contribution in [0.15, 0.2) is 24.3 Å². The fraction of sp³-hybridized carbons (Fsp3) is 0.214. The average molecular weight is 248 g/mol. The SMILES string of the molecule is Cc1c(C=O)c(C)n(C)c1-c1cccc(Cl)c1. The van der Waals surface area contributed by atoms with Crippen molar-refractivity contribution in [3.05, 3.63) is 46.1 Å². The van der Waals surface area contributed by atoms with Gasteiger partial charge in [0.2, 0.25) is 0 Å². The predicted octanol–water partition coefficient (Wildman–Crippen LogP) is 3.77. The Hall–Kier alpha value is -1.54. The van der Waals surface area contributed by atoms with Gasteiger partial charge >= 0.3 is 0 Å². The van der Waals surface area contributed by atoms with Gasteiger partial charge in [0.25, 0.3) is 0 Å². The lowest BCUT2D eigenvalue weighted by Crippen LogP contribution is -1.94. The van der Waals surface area contributed by atoms with Gasteiger partial charge < -0.3 is 4.57 Å². The van der Waals surface area contributed by atoms with Crippen LogP contribution in [0.4, 0.5) is 0 Å². The van der Waals surface area contributed by atoms with Gasteiger partial charge in [-0.2, -0.15) is 0 Å². The maximum Gasteiger partial charge on any atom is 0.152 e. The second kappa shape index (κ2) is 4.38. The quantitative estimate of drug-likeness (QED) is 0.741. The molecule has 2 rings (SSSR count). The van der Waals surface area contributed by atoms with Crippen LogP contribution in [0.3, 0.4) is 0 Å². The first-order chi connectivity index (χ1) is 8.06. The molecule has 0 aliphatic carbocycles. The minimum Gasteiger partial charge on any atom is -0.347 e. The molecule has 1 heterocycles. The Morgan fingerprint density at radius 3 is 2.53 bits per heavy atom. The van der Waals surface area contributed by atoms with Gasteiger partial charge in [-0.15, -0.1) is 0 Å². The van der Waals surface area contributed by atoms with Crippen molar-refractivity contribution in [1.29, 1.82) is 0 Å². The molecular formula is C14H14ClNO. The summed E-state index contributed by atoms with van der Waals surface area (Å²) in [5.41, 5.74) is 4.83. The van der Waals surface area contributed by atoms with E-state index in [4.69, 9.17) is 11.6 Å². The van der Waals surface area contributed by atoms with Gasteiger partial charge in [0, 0.05) is 23.3 Å². The third-order valence-corrected chi connectivity index (χ3v) is 3.44. The van der Waals surface area contributed by atoms with Crippen molar-refractivity contribution >= 4 is 17.9 Å². The van der Waals surface area contributed by atoms with E-state index in [1.165, 1.54) is 0 Å². The number of halogens is 1. The van der Waals surface area contributed by atoms with E-state index in [2.05, 4.69) is 0 Å². The van der Waals surface area contributed by atoms with Crippen molar-refractivity contribution < 1.29 is 4.79 Å². The molecule has 2 nitrogen and oxygen atoms in total. The maximum atomic E-state index is 11.1. The van der Waals surface area contributed by atoms with E-state index in [0.29, 0.717) is 5.02 Å². The maximum absolute atomic E-state index is 11.1. The van der Waals surface area contributed by atoms with Gasteiger partial charge in [0.1, 0.15) is 0 Å². The summed E-state index contributed by atoms with van der Waals surface area (Å²) in [5, 5.41) is 0.702. The Bertz CT molecular complexity index is 584. The van der Waals surface area contributed by atoms with Gasteiger partial charge in [0.05, 0.1) is 5.69 Å². The van der Waals surface area contributed by atoms with Gasteiger partial charge in [-0.1, -0.05) is 23.7 Å². The molecule has 0 radical (unpaired) electrons. The second-order valence-corrected chi connectivity index (χ2v) is 4.60. The Labute approximate surface area is 106 Å². The van der Waals surface area contributed by atoms with Crippen molar-refractivity contribution in [2.75, 3.05) is 0 Å². The molecule has 1 aromatic carbocycles. The van der Waals surface area contributed by atoms with Crippen LogP contribution in [0.2, 0.25) is 5.02 Å². The minimum atomic E-state index is 0.702. The van der Waals surface area contributed by atoms with E-state index in [1.807, 2.05) is 49.7 Å². The van der Waals surface area contributed by atoms with Crippen LogP contribution in [-0.2, 0) is 7.05 Å². The van der Waals surface area contributed by atoms with E-state index in [9.17, 15) is 4.79 Å². The van der Waals surface area contributed by atoms with Crippen LogP contribution in [-0.4, -0.2) is 10.9 Å². The first-order valence-corrected chi connectivity index (χ1v) is 5.81. The predicted molar refractivity (Wildman–Crippen MR) is 70.7 cm³/mol. The monoisotopic (exact) mass is 247 g/mol. The first-order valence-electron chi connectivity index (χ1n) is 5.43. The topological polar surface area (TPSA) is 22.0 Å². The summed E-state index contributed by atoms with van der Waals surface area (Å²) in [4.78, 5) is 11.1. The Balaban J connectivity index is 2.72. The summed E-state index contributed by atoms with van der Waals surface area (Å²) >= 11 is 6.00. The van der Waals surface area contributed by atoms with E-state index in [-0.39, 0.29) is 0 Å². The highest BCUT2D eigenvalue weighted by Crippen LogP contribution is 2.30. The van der Waals surface area contributed by atoms with Crippen molar-refractivity contribution in [2.45, 2.75) is 13.8 Å². The number of carbonyl (C=O) groups is 1. The standard InChI is InChI=1S/C14H14ClNO/c1-9-13(8-17)10(2)16(3)14(9)11-5-4-6-12(15)7-11/h4-8H,1-3H3. The first kappa shape index (κ1) is 11.9. The number of hydrogen-bond acceptors (Lipinski definition) is 1. The molecule has 0 spiro atoms. The van der Waals surface area contributed by atoms with Crippen LogP contribution >= 0.6 is 11.6 Å². The summed E-state index contributed by atoms with van der Waals surface area (Å²) in [6.45, 7) is 3.91. The van der Waals surface area contributed by atoms with Crippen molar-refractivity contribution in [3.63, 3.8) is 0 Å². The largest absolute Gasteiger partial charge is 0.347 e. The van der Waals surface area contributed by atoms with E-state index in [0.717, 1.165) is 34.4 Å². The second-order valence-electron chi connectivity index (χ2n) is 4.16. The number of aldehydes is 1.